The second-order valence-corrected chi connectivity index (χ2v) is 3.92. The number of nitrogens with one attached hydrogen (secondary N) is 1. The fourth-order valence-corrected chi connectivity index (χ4v) is 1.79. The number of nitrogens with zero attached hydrogens (tertiary/aromatic N) is 4. The van der Waals surface area contributed by atoms with Crippen LogP contribution in [0.3, 0.4) is 0 Å². The summed E-state index contributed by atoms with van der Waals surface area (Å²) in [4.78, 5) is 4.41. The van der Waals surface area contributed by atoms with E-state index >= 15 is 0 Å². The molecule has 0 radical (unpaired) electrons. The van der Waals surface area contributed by atoms with Crippen LogP contribution in [-0.2, 0) is 11.3 Å². The average Bonchev–Trinajstić information content (AvgIpc) is 2.68. The van der Waals surface area contributed by atoms with E-state index in [2.05, 4.69) is 20.5 Å². The summed E-state index contributed by atoms with van der Waals surface area (Å²) in [6.45, 7) is 6.06. The van der Waals surface area contributed by atoms with Crippen LogP contribution in [0.1, 0.15) is 17.3 Å². The van der Waals surface area contributed by atoms with Gasteiger partial charge in [-0.05, 0) is 13.8 Å². The van der Waals surface area contributed by atoms with Crippen molar-refractivity contribution in [1.29, 1.82) is 0 Å². The van der Waals surface area contributed by atoms with Gasteiger partial charge in [-0.15, -0.1) is 10.2 Å². The number of hydrogen-bond donors (Lipinski definition) is 1. The van der Waals surface area contributed by atoms with Crippen LogP contribution in [0.25, 0.3) is 5.65 Å². The molecule has 0 saturated heterocycles. The second-order valence-electron chi connectivity index (χ2n) is 3.92. The van der Waals surface area contributed by atoms with Gasteiger partial charge in [0.15, 0.2) is 11.5 Å². The Morgan fingerprint density at radius 2 is 2.18 bits per heavy atom. The number of hydrogen-bond acceptors (Lipinski definition) is 5. The first kappa shape index (κ1) is 11.9. The molecule has 0 aliphatic heterocycles. The van der Waals surface area contributed by atoms with Crippen LogP contribution in [0.4, 0.5) is 0 Å². The van der Waals surface area contributed by atoms with Gasteiger partial charge in [0.2, 0.25) is 0 Å². The highest BCUT2D eigenvalue weighted by molar-refractivity contribution is 5.39. The Bertz CT molecular complexity index is 508. The van der Waals surface area contributed by atoms with E-state index in [-0.39, 0.29) is 0 Å². The van der Waals surface area contributed by atoms with E-state index in [9.17, 15) is 0 Å². The zero-order chi connectivity index (χ0) is 12.3. The molecule has 0 unspecified atom stereocenters. The summed E-state index contributed by atoms with van der Waals surface area (Å²) in [5.41, 5.74) is 1.81. The van der Waals surface area contributed by atoms with Gasteiger partial charge in [0.1, 0.15) is 5.82 Å². The highest BCUT2D eigenvalue weighted by Gasteiger charge is 2.08. The molecule has 0 atom stereocenters. The van der Waals surface area contributed by atoms with Crippen molar-refractivity contribution < 1.29 is 4.74 Å². The molecule has 0 fully saturated rings. The largest absolute Gasteiger partial charge is 0.383 e. The molecule has 0 spiro atoms. The van der Waals surface area contributed by atoms with Gasteiger partial charge in [-0.25, -0.2) is 4.98 Å². The summed E-state index contributed by atoms with van der Waals surface area (Å²) < 4.78 is 6.94. The van der Waals surface area contributed by atoms with Crippen LogP contribution in [-0.4, -0.2) is 39.8 Å². The van der Waals surface area contributed by atoms with Gasteiger partial charge in [0, 0.05) is 25.4 Å². The van der Waals surface area contributed by atoms with Gasteiger partial charge in [0.05, 0.1) is 13.2 Å². The quantitative estimate of drug-likeness (QED) is 0.763. The highest BCUT2D eigenvalue weighted by Crippen LogP contribution is 2.07. The Kier molecular flexibility index (Phi) is 3.65. The number of aryl methyl sites for hydroxylation is 2. The van der Waals surface area contributed by atoms with Crippen molar-refractivity contribution in [3.05, 3.63) is 23.4 Å². The lowest BCUT2D eigenvalue weighted by Gasteiger charge is -2.05. The van der Waals surface area contributed by atoms with Crippen LogP contribution in [0.5, 0.6) is 0 Å². The molecule has 0 aliphatic rings. The van der Waals surface area contributed by atoms with Crippen LogP contribution >= 0.6 is 0 Å². The Morgan fingerprint density at radius 1 is 1.35 bits per heavy atom. The molecule has 92 valence electrons. The van der Waals surface area contributed by atoms with Gasteiger partial charge in [-0.3, -0.25) is 4.40 Å². The predicted octanol–water partition coefficient (Wildman–Crippen LogP) is 0.477. The summed E-state index contributed by atoms with van der Waals surface area (Å²) in [5, 5.41) is 11.6. The van der Waals surface area contributed by atoms with E-state index in [1.54, 1.807) is 7.11 Å². The maximum Gasteiger partial charge on any atom is 0.164 e. The number of ether oxygens (including phenoxy) is 1. The zero-order valence-corrected chi connectivity index (χ0v) is 10.4. The minimum absolute atomic E-state index is 0.663. The normalized spacial score (nSPS) is 11.2. The molecule has 2 aromatic rings. The van der Waals surface area contributed by atoms with E-state index in [0.717, 1.165) is 29.5 Å². The van der Waals surface area contributed by atoms with Crippen LogP contribution in [0.15, 0.2) is 6.07 Å². The van der Waals surface area contributed by atoms with Gasteiger partial charge in [0.25, 0.3) is 0 Å². The van der Waals surface area contributed by atoms with Crippen molar-refractivity contribution in [1.82, 2.24) is 24.9 Å². The number of methoxy groups -OCH3 is 1. The first-order valence-electron chi connectivity index (χ1n) is 5.60. The smallest absolute Gasteiger partial charge is 0.164 e. The van der Waals surface area contributed by atoms with Crippen molar-refractivity contribution in [2.75, 3.05) is 20.3 Å². The fraction of sp³-hybridized carbons (Fsp3) is 0.545. The third-order valence-electron chi connectivity index (χ3n) is 2.52. The monoisotopic (exact) mass is 235 g/mol. The molecule has 0 amide bonds. The van der Waals surface area contributed by atoms with E-state index in [0.29, 0.717) is 13.2 Å². The molecule has 1 N–H and O–H groups in total. The van der Waals surface area contributed by atoms with E-state index in [1.165, 1.54) is 0 Å². The molecular formula is C11H17N5O. The molecule has 2 heterocycles. The van der Waals surface area contributed by atoms with Crippen LogP contribution in [0, 0.1) is 13.8 Å². The molecule has 0 saturated carbocycles. The summed E-state index contributed by atoms with van der Waals surface area (Å²) in [5.74, 6) is 1.79. The molecule has 0 bridgehead atoms. The van der Waals surface area contributed by atoms with Gasteiger partial charge in [-0.1, -0.05) is 0 Å². The maximum atomic E-state index is 4.97. The molecule has 6 nitrogen and oxygen atoms in total. The summed E-state index contributed by atoms with van der Waals surface area (Å²) >= 11 is 0. The Morgan fingerprint density at radius 3 is 2.94 bits per heavy atom. The maximum absolute atomic E-state index is 4.97. The summed E-state index contributed by atoms with van der Waals surface area (Å²) in [6, 6.07) is 1.93. The molecule has 2 aromatic heterocycles. The van der Waals surface area contributed by atoms with Gasteiger partial charge in [-0.2, -0.15) is 0 Å². The lowest BCUT2D eigenvalue weighted by molar-refractivity contribution is 0.199. The lowest BCUT2D eigenvalue weighted by Crippen LogP contribution is -2.20. The predicted molar refractivity (Wildman–Crippen MR) is 63.8 cm³/mol. The van der Waals surface area contributed by atoms with E-state index in [4.69, 9.17) is 4.74 Å². The van der Waals surface area contributed by atoms with Crippen molar-refractivity contribution in [3.8, 4) is 0 Å². The standard InChI is InChI=1S/C11H17N5O/c1-8-6-10-14-15-11(7-12-4-5-17-3)16(10)9(2)13-8/h6,12H,4-5,7H2,1-3H3. The van der Waals surface area contributed by atoms with Crippen molar-refractivity contribution >= 4 is 5.65 Å². The Hall–Kier alpha value is -1.53. The average molecular weight is 235 g/mol. The Labute approximate surface area is 100 Å². The third kappa shape index (κ3) is 2.59. The SMILES string of the molecule is COCCNCc1nnc2cc(C)nc(C)n12. The van der Waals surface area contributed by atoms with Crippen molar-refractivity contribution in [2.45, 2.75) is 20.4 Å². The van der Waals surface area contributed by atoms with E-state index < -0.39 is 0 Å². The second kappa shape index (κ2) is 5.20. The molecule has 0 aromatic carbocycles. The van der Waals surface area contributed by atoms with Crippen LogP contribution in [0.2, 0.25) is 0 Å². The number of fused-ring (bicyclic) bond motifs is 1. The fourth-order valence-electron chi connectivity index (χ4n) is 1.79. The molecule has 2 rings (SSSR count). The zero-order valence-electron chi connectivity index (χ0n) is 10.4. The lowest BCUT2D eigenvalue weighted by atomic mass is 10.4. The van der Waals surface area contributed by atoms with Crippen molar-refractivity contribution in [2.24, 2.45) is 0 Å². The van der Waals surface area contributed by atoms with Crippen LogP contribution < -0.4 is 5.32 Å². The first-order valence-corrected chi connectivity index (χ1v) is 5.60. The van der Waals surface area contributed by atoms with Gasteiger partial charge >= 0.3 is 0 Å². The molecule has 17 heavy (non-hydrogen) atoms. The summed E-state index contributed by atoms with van der Waals surface area (Å²) in [6.07, 6.45) is 0. The third-order valence-corrected chi connectivity index (χ3v) is 2.52. The number of aromatic nitrogens is 4. The highest BCUT2D eigenvalue weighted by atomic mass is 16.5. The van der Waals surface area contributed by atoms with E-state index in [1.807, 2.05) is 24.3 Å². The molecular weight excluding hydrogens is 218 g/mol. The molecule has 0 aliphatic carbocycles. The minimum Gasteiger partial charge on any atom is -0.383 e. The summed E-state index contributed by atoms with van der Waals surface area (Å²) in [7, 11) is 1.69. The Balaban J connectivity index is 2.18. The van der Waals surface area contributed by atoms with Gasteiger partial charge < -0.3 is 10.1 Å². The topological polar surface area (TPSA) is 64.3 Å². The minimum atomic E-state index is 0.663. The molecule has 6 heteroatoms. The number of rotatable bonds is 5. The first-order chi connectivity index (χ1) is 8.22. The van der Waals surface area contributed by atoms with Crippen molar-refractivity contribution in [3.63, 3.8) is 0 Å².